The minimum Gasteiger partial charge on any atom is -0.455 e. The van der Waals surface area contributed by atoms with E-state index in [4.69, 9.17) is 4.53 Å². The monoisotopic (exact) mass is 215 g/mol. The lowest BCUT2D eigenvalue weighted by atomic mass is 10.1. The molecule has 0 N–H and O–H groups in total. The zero-order valence-electron chi connectivity index (χ0n) is 9.38. The molecule has 0 aromatic heterocycles. The van der Waals surface area contributed by atoms with Crippen molar-refractivity contribution in [3.05, 3.63) is 0 Å². The molecule has 0 spiro atoms. The summed E-state index contributed by atoms with van der Waals surface area (Å²) in [6.07, 6.45) is 0.207. The van der Waals surface area contributed by atoms with Crippen LogP contribution in [0.5, 0.6) is 0 Å². The van der Waals surface area contributed by atoms with E-state index in [0.29, 0.717) is 0 Å². The second kappa shape index (κ2) is 5.04. The van der Waals surface area contributed by atoms with Gasteiger partial charge in [-0.3, -0.25) is 9.59 Å². The molecule has 0 aromatic carbocycles. The van der Waals surface area contributed by atoms with Crippen LogP contribution in [-0.4, -0.2) is 25.6 Å². The minimum absolute atomic E-state index is 0.138. The number of hydrogen-bond donors (Lipinski definition) is 0. The molecule has 0 amide bonds. The fraction of sp³-hybridized carbons (Fsp3) is 0.667. The van der Waals surface area contributed by atoms with Gasteiger partial charge in [-0.05, 0) is 26.6 Å². The van der Waals surface area contributed by atoms with Crippen LogP contribution in [0.1, 0.15) is 20.3 Å². The topological polar surface area (TPSA) is 55.7 Å². The number of nitrogens with zero attached hydrogens (tertiary/aromatic N) is 1. The van der Waals surface area contributed by atoms with E-state index in [0.717, 1.165) is 0 Å². The van der Waals surface area contributed by atoms with Crippen LogP contribution in [0.15, 0.2) is 5.16 Å². The van der Waals surface area contributed by atoms with Crippen molar-refractivity contribution in [2.45, 2.75) is 39.9 Å². The molecule has 0 rings (SSSR count). The van der Waals surface area contributed by atoms with Gasteiger partial charge in [-0.25, -0.2) is 0 Å². The summed E-state index contributed by atoms with van der Waals surface area (Å²) < 4.78 is 5.16. The molecule has 14 heavy (non-hydrogen) atoms. The van der Waals surface area contributed by atoms with Gasteiger partial charge in [0, 0.05) is 6.42 Å². The van der Waals surface area contributed by atoms with E-state index < -0.39 is 19.9 Å². The maximum absolute atomic E-state index is 11.2. The lowest BCUT2D eigenvalue weighted by Crippen LogP contribution is -2.26. The third kappa shape index (κ3) is 4.91. The number of oxime groups is 1. The Balaban J connectivity index is 4.40. The van der Waals surface area contributed by atoms with Crippen LogP contribution in [0.3, 0.4) is 0 Å². The van der Waals surface area contributed by atoms with Crippen molar-refractivity contribution < 1.29 is 14.1 Å². The third-order valence-electron chi connectivity index (χ3n) is 1.36. The molecule has 0 bridgehead atoms. The molecular weight excluding hydrogens is 198 g/mol. The number of carbonyl (C=O) groups is 2. The largest absolute Gasteiger partial charge is 0.455 e. The maximum Gasteiger partial charge on any atom is 0.278 e. The zero-order valence-corrected chi connectivity index (χ0v) is 10.4. The van der Waals surface area contributed by atoms with Gasteiger partial charge in [0.05, 0.1) is 0 Å². The average Bonchev–Trinajstić information content (AvgIpc) is 2.10. The first kappa shape index (κ1) is 13.0. The number of carbonyl (C=O) groups excluding carboxylic acids is 2. The Kier molecular flexibility index (Phi) is 4.69. The van der Waals surface area contributed by atoms with Crippen molar-refractivity contribution in [2.75, 3.05) is 0 Å². The Morgan fingerprint density at radius 3 is 2.14 bits per heavy atom. The predicted octanol–water partition coefficient (Wildman–Crippen LogP) is 1.76. The normalized spacial score (nSPS) is 12.5. The quantitative estimate of drug-likeness (QED) is 0.304. The molecule has 0 aliphatic rings. The summed E-state index contributed by atoms with van der Waals surface area (Å²) in [7, 11) is -1.76. The van der Waals surface area contributed by atoms with E-state index in [-0.39, 0.29) is 12.1 Å². The van der Waals surface area contributed by atoms with Gasteiger partial charge in [-0.1, -0.05) is 6.92 Å². The van der Waals surface area contributed by atoms with E-state index in [1.165, 1.54) is 6.92 Å². The van der Waals surface area contributed by atoms with Gasteiger partial charge in [-0.2, -0.15) is 0 Å². The highest BCUT2D eigenvalue weighted by Crippen LogP contribution is 2.03. The zero-order chi connectivity index (χ0) is 11.4. The summed E-state index contributed by atoms with van der Waals surface area (Å²) in [5.74, 6) is -0.976. The van der Waals surface area contributed by atoms with Gasteiger partial charge in [0.1, 0.15) is 5.71 Å². The molecule has 4 nitrogen and oxygen atoms in total. The summed E-state index contributed by atoms with van der Waals surface area (Å²) in [6, 6.07) is 0. The summed E-state index contributed by atoms with van der Waals surface area (Å²) >= 11 is 0. The van der Waals surface area contributed by atoms with Crippen LogP contribution < -0.4 is 0 Å². The Bertz CT molecular complexity index is 266. The Morgan fingerprint density at radius 2 is 1.79 bits per heavy atom. The number of hydrogen-bond acceptors (Lipinski definition) is 4. The second-order valence-electron chi connectivity index (χ2n) is 3.99. The highest BCUT2D eigenvalue weighted by molar-refractivity contribution is 6.70. The summed E-state index contributed by atoms with van der Waals surface area (Å²) in [5, 5.41) is 3.67. The molecule has 0 atom stereocenters. The number of rotatable bonds is 5. The minimum atomic E-state index is -1.76. The summed E-state index contributed by atoms with van der Waals surface area (Å²) in [4.78, 5) is 22.2. The van der Waals surface area contributed by atoms with Crippen molar-refractivity contribution in [1.29, 1.82) is 0 Å². The van der Waals surface area contributed by atoms with Gasteiger partial charge < -0.3 is 4.53 Å². The van der Waals surface area contributed by atoms with Crippen LogP contribution in [0.25, 0.3) is 0 Å². The van der Waals surface area contributed by atoms with Crippen LogP contribution in [0, 0.1) is 0 Å². The molecule has 0 unspecified atom stereocenters. The predicted molar refractivity (Wildman–Crippen MR) is 57.8 cm³/mol. The SMILES string of the molecule is CCC(=O)C(=O)/C(C)=N/O[Si](C)(C)C. The van der Waals surface area contributed by atoms with Crippen molar-refractivity contribution in [3.63, 3.8) is 0 Å². The Morgan fingerprint density at radius 1 is 1.29 bits per heavy atom. The molecule has 0 heterocycles. The van der Waals surface area contributed by atoms with Crippen molar-refractivity contribution in [2.24, 2.45) is 5.16 Å². The standard InChI is InChI=1S/C9H17NO3Si/c1-6-8(11)9(12)7(2)10-13-14(3,4)5/h6H2,1-5H3/b10-7+. The number of ketones is 2. The molecule has 0 fully saturated rings. The summed E-state index contributed by atoms with van der Waals surface area (Å²) in [6.45, 7) is 9.00. The lowest BCUT2D eigenvalue weighted by Gasteiger charge is -2.13. The van der Waals surface area contributed by atoms with Gasteiger partial charge in [-0.15, -0.1) is 5.16 Å². The van der Waals surface area contributed by atoms with Gasteiger partial charge in [0.2, 0.25) is 11.6 Å². The van der Waals surface area contributed by atoms with Gasteiger partial charge in [0.15, 0.2) is 0 Å². The molecule has 0 aliphatic carbocycles. The van der Waals surface area contributed by atoms with Crippen LogP contribution in [-0.2, 0) is 14.1 Å². The third-order valence-corrected chi connectivity index (χ3v) is 2.00. The van der Waals surface area contributed by atoms with E-state index in [9.17, 15) is 9.59 Å². The highest BCUT2D eigenvalue weighted by Gasteiger charge is 2.19. The van der Waals surface area contributed by atoms with Gasteiger partial charge >= 0.3 is 0 Å². The summed E-state index contributed by atoms with van der Waals surface area (Å²) in [5.41, 5.74) is 0.138. The molecule has 5 heteroatoms. The van der Waals surface area contributed by atoms with Gasteiger partial charge in [0.25, 0.3) is 8.32 Å². The smallest absolute Gasteiger partial charge is 0.278 e. The van der Waals surface area contributed by atoms with Crippen molar-refractivity contribution >= 4 is 25.6 Å². The molecule has 0 saturated carbocycles. The Labute approximate surface area is 85.4 Å². The molecular formula is C9H17NO3Si. The first-order valence-electron chi connectivity index (χ1n) is 4.58. The molecule has 0 saturated heterocycles. The maximum atomic E-state index is 11.2. The number of Topliss-reactive ketones (excluding diaryl/α,β-unsaturated/α-hetero) is 2. The van der Waals surface area contributed by atoms with Crippen molar-refractivity contribution in [1.82, 2.24) is 0 Å². The van der Waals surface area contributed by atoms with Crippen LogP contribution >= 0.6 is 0 Å². The fourth-order valence-corrected chi connectivity index (χ4v) is 1.02. The van der Waals surface area contributed by atoms with E-state index in [1.54, 1.807) is 6.92 Å². The molecule has 80 valence electrons. The van der Waals surface area contributed by atoms with Crippen LogP contribution in [0.4, 0.5) is 0 Å². The van der Waals surface area contributed by atoms with Crippen molar-refractivity contribution in [3.8, 4) is 0 Å². The first-order chi connectivity index (χ1) is 6.28. The first-order valence-corrected chi connectivity index (χ1v) is 7.99. The van der Waals surface area contributed by atoms with E-state index >= 15 is 0 Å². The molecule has 0 radical (unpaired) electrons. The van der Waals surface area contributed by atoms with E-state index in [1.807, 2.05) is 19.6 Å². The molecule has 0 aliphatic heterocycles. The Hall–Kier alpha value is -0.973. The van der Waals surface area contributed by atoms with Crippen LogP contribution in [0.2, 0.25) is 19.6 Å². The highest BCUT2D eigenvalue weighted by atomic mass is 28.4. The van der Waals surface area contributed by atoms with E-state index in [2.05, 4.69) is 5.16 Å². The lowest BCUT2D eigenvalue weighted by molar-refractivity contribution is -0.132. The average molecular weight is 215 g/mol. The molecule has 0 aromatic rings. The fourth-order valence-electron chi connectivity index (χ4n) is 0.609. The second-order valence-corrected chi connectivity index (χ2v) is 8.39.